The molecule has 2 aliphatic rings. The molecule has 11 rings (SSSR count). The van der Waals surface area contributed by atoms with Gasteiger partial charge in [0.15, 0.2) is 0 Å². The van der Waals surface area contributed by atoms with Crippen LogP contribution in [0.1, 0.15) is 52.7 Å². The number of hydrogen-bond acceptors (Lipinski definition) is 2. The highest BCUT2D eigenvalue weighted by molar-refractivity contribution is 6.98. The lowest BCUT2D eigenvalue weighted by Gasteiger charge is -2.34. The van der Waals surface area contributed by atoms with Gasteiger partial charge in [-0.2, -0.15) is 0 Å². The predicted molar refractivity (Wildman–Crippen MR) is 252 cm³/mol. The Morgan fingerprint density at radius 2 is 0.800 bits per heavy atom. The molecule has 0 fully saturated rings. The van der Waals surface area contributed by atoms with Gasteiger partial charge in [-0.15, -0.1) is 0 Å². The summed E-state index contributed by atoms with van der Waals surface area (Å²) in [5, 5.41) is 2.58. The van der Waals surface area contributed by atoms with Gasteiger partial charge in [0, 0.05) is 21.9 Å². The van der Waals surface area contributed by atoms with Crippen LogP contribution in [-0.4, -0.2) is 11.3 Å². The molecule has 2 aliphatic heterocycles. The second kappa shape index (κ2) is 13.4. The Morgan fingerprint density at radius 3 is 1.25 bits per heavy atom. The third-order valence-corrected chi connectivity index (χ3v) is 12.7. The first-order valence-corrected chi connectivity index (χ1v) is 21.1. The van der Waals surface area contributed by atoms with Gasteiger partial charge in [-0.3, -0.25) is 0 Å². The van der Waals surface area contributed by atoms with Crippen molar-refractivity contribution in [3.8, 4) is 62.1 Å². The van der Waals surface area contributed by atoms with Gasteiger partial charge in [0.05, 0.1) is 11.0 Å². The zero-order chi connectivity index (χ0) is 40.9. The molecule has 4 heteroatoms. The summed E-state index contributed by atoms with van der Waals surface area (Å²) >= 11 is 0. The third-order valence-electron chi connectivity index (χ3n) is 12.7. The Kier molecular flexibility index (Phi) is 8.09. The number of ether oxygens (including phenoxy) is 2. The van der Waals surface area contributed by atoms with E-state index in [1.807, 2.05) is 0 Å². The highest BCUT2D eigenvalue weighted by Crippen LogP contribution is 2.42. The molecular formula is C56H46BNO2. The molecule has 0 saturated carbocycles. The summed E-state index contributed by atoms with van der Waals surface area (Å²) in [5.74, 6) is 3.42. The van der Waals surface area contributed by atoms with E-state index in [1.54, 1.807) is 0 Å². The highest BCUT2D eigenvalue weighted by Gasteiger charge is 2.40. The smallest absolute Gasteiger partial charge is 0.260 e. The normalized spacial score (nSPS) is 13.1. The van der Waals surface area contributed by atoms with Crippen molar-refractivity contribution < 1.29 is 9.47 Å². The molecule has 0 N–H and O–H groups in total. The third kappa shape index (κ3) is 5.96. The average molecular weight is 776 g/mol. The van der Waals surface area contributed by atoms with Gasteiger partial charge >= 0.3 is 0 Å². The van der Waals surface area contributed by atoms with Crippen molar-refractivity contribution in [3.63, 3.8) is 0 Å². The lowest BCUT2D eigenvalue weighted by atomic mass is 9.34. The van der Waals surface area contributed by atoms with Crippen LogP contribution in [0, 0.1) is 0 Å². The first kappa shape index (κ1) is 36.3. The van der Waals surface area contributed by atoms with Gasteiger partial charge in [0.25, 0.3) is 6.71 Å². The molecule has 9 aromatic rings. The minimum Gasteiger partial charge on any atom is -0.458 e. The Labute approximate surface area is 353 Å². The molecule has 1 aromatic heterocycles. The highest BCUT2D eigenvalue weighted by atomic mass is 16.5. The summed E-state index contributed by atoms with van der Waals surface area (Å²) in [6, 6.07) is 61.8. The second-order valence-corrected chi connectivity index (χ2v) is 18.6. The first-order chi connectivity index (χ1) is 29.0. The molecule has 3 heterocycles. The largest absolute Gasteiger partial charge is 0.458 e. The maximum absolute atomic E-state index is 6.92. The van der Waals surface area contributed by atoms with Gasteiger partial charge in [-0.1, -0.05) is 151 Å². The fraction of sp³-hybridized carbons (Fsp3) is 0.143. The number of nitrogens with zero attached hydrogens (tertiary/aromatic N) is 1. The van der Waals surface area contributed by atoms with E-state index in [-0.39, 0.29) is 17.5 Å². The predicted octanol–water partition coefficient (Wildman–Crippen LogP) is 13.1. The van der Waals surface area contributed by atoms with E-state index in [4.69, 9.17) is 9.47 Å². The monoisotopic (exact) mass is 775 g/mol. The average Bonchev–Trinajstić information content (AvgIpc) is 3.59. The summed E-state index contributed by atoms with van der Waals surface area (Å²) in [6.07, 6.45) is 0. The topological polar surface area (TPSA) is 23.4 Å². The van der Waals surface area contributed by atoms with Crippen LogP contribution in [0.2, 0.25) is 0 Å². The van der Waals surface area contributed by atoms with Crippen LogP contribution in [-0.2, 0) is 10.8 Å². The van der Waals surface area contributed by atoms with Crippen molar-refractivity contribution in [3.05, 3.63) is 181 Å². The van der Waals surface area contributed by atoms with Gasteiger partial charge < -0.3 is 14.0 Å². The van der Waals surface area contributed by atoms with E-state index in [2.05, 4.69) is 216 Å². The molecule has 3 nitrogen and oxygen atoms in total. The molecule has 0 aliphatic carbocycles. The van der Waals surface area contributed by atoms with Gasteiger partial charge in [0.2, 0.25) is 0 Å². The molecule has 0 saturated heterocycles. The Bertz CT molecular complexity index is 2960. The zero-order valence-electron chi connectivity index (χ0n) is 35.0. The molecule has 0 bridgehead atoms. The summed E-state index contributed by atoms with van der Waals surface area (Å²) in [4.78, 5) is 0. The SMILES string of the molecule is CC(C)(C)c1ccc2c(c1)c1cc(C(C)(C)C)ccc1n2-c1ccc(-c2cc3c4c(c2)Oc2cc(-c5ccccc5)ccc2B4c2ccc(-c4ccccc4)cc2O3)cc1. The van der Waals surface area contributed by atoms with Crippen LogP contribution < -0.4 is 25.9 Å². The van der Waals surface area contributed by atoms with E-state index in [0.717, 1.165) is 78.5 Å². The van der Waals surface area contributed by atoms with Crippen LogP contribution in [0.15, 0.2) is 170 Å². The maximum atomic E-state index is 6.92. The lowest BCUT2D eigenvalue weighted by molar-refractivity contribution is 0.465. The molecule has 0 radical (unpaired) electrons. The molecule has 0 amide bonds. The minimum absolute atomic E-state index is 0.0264. The van der Waals surface area contributed by atoms with E-state index in [9.17, 15) is 0 Å². The summed E-state index contributed by atoms with van der Waals surface area (Å²) in [7, 11) is 0. The molecule has 0 unspecified atom stereocenters. The van der Waals surface area contributed by atoms with Gasteiger partial charge in [-0.25, -0.2) is 0 Å². The van der Waals surface area contributed by atoms with Crippen LogP contribution >= 0.6 is 0 Å². The number of rotatable bonds is 4. The van der Waals surface area contributed by atoms with E-state index in [1.165, 1.54) is 32.9 Å². The van der Waals surface area contributed by atoms with E-state index in [0.29, 0.717) is 0 Å². The van der Waals surface area contributed by atoms with Crippen molar-refractivity contribution >= 4 is 44.9 Å². The van der Waals surface area contributed by atoms with Crippen LogP contribution in [0.25, 0.3) is 60.9 Å². The molecule has 60 heavy (non-hydrogen) atoms. The van der Waals surface area contributed by atoms with Gasteiger partial charge in [0.1, 0.15) is 23.0 Å². The van der Waals surface area contributed by atoms with Crippen molar-refractivity contribution in [2.75, 3.05) is 0 Å². The number of aromatic nitrogens is 1. The lowest BCUT2D eigenvalue weighted by Crippen LogP contribution is -2.57. The zero-order valence-corrected chi connectivity index (χ0v) is 35.0. The summed E-state index contributed by atoms with van der Waals surface area (Å²) in [6.45, 7) is 13.7. The summed E-state index contributed by atoms with van der Waals surface area (Å²) in [5.41, 5.74) is 16.4. The second-order valence-electron chi connectivity index (χ2n) is 18.6. The molecule has 0 spiro atoms. The Morgan fingerprint density at radius 1 is 0.383 bits per heavy atom. The number of hydrogen-bond donors (Lipinski definition) is 0. The van der Waals surface area contributed by atoms with Crippen LogP contribution in [0.3, 0.4) is 0 Å². The van der Waals surface area contributed by atoms with Crippen molar-refractivity contribution in [2.45, 2.75) is 52.4 Å². The Hall–Kier alpha value is -6.78. The number of fused-ring (bicyclic) bond motifs is 7. The first-order valence-electron chi connectivity index (χ1n) is 21.1. The van der Waals surface area contributed by atoms with Crippen LogP contribution in [0.5, 0.6) is 23.0 Å². The molecule has 0 atom stereocenters. The molecule has 8 aromatic carbocycles. The molecule has 290 valence electrons. The maximum Gasteiger partial charge on any atom is 0.260 e. The van der Waals surface area contributed by atoms with Crippen molar-refractivity contribution in [2.24, 2.45) is 0 Å². The fourth-order valence-corrected chi connectivity index (χ4v) is 9.32. The minimum atomic E-state index is -0.0264. The van der Waals surface area contributed by atoms with Crippen LogP contribution in [0.4, 0.5) is 0 Å². The standard InChI is InChI=1S/C56H46BNO2/c1-55(2,3)41-21-27-48-44(33-41)45-34-42(56(4,5)6)22-28-49(45)58(48)43-23-17-37(18-24-43)40-31-52-54-53(32-40)60-51-30-39(36-15-11-8-12-16-36)20-26-47(51)57(54)46-25-19-38(29-50(46)59-52)35-13-9-7-10-14-35/h7-34H,1-6H3. The van der Waals surface area contributed by atoms with E-state index >= 15 is 0 Å². The fourth-order valence-electron chi connectivity index (χ4n) is 9.32. The summed E-state index contributed by atoms with van der Waals surface area (Å²) < 4.78 is 16.3. The van der Waals surface area contributed by atoms with E-state index < -0.39 is 0 Å². The van der Waals surface area contributed by atoms with Gasteiger partial charge in [-0.05, 0) is 127 Å². The molecular weight excluding hydrogens is 729 g/mol. The quantitative estimate of drug-likeness (QED) is 0.166. The Balaban J connectivity index is 1.04. The van der Waals surface area contributed by atoms with Crippen molar-refractivity contribution in [1.29, 1.82) is 0 Å². The number of benzene rings is 8. The van der Waals surface area contributed by atoms with Crippen molar-refractivity contribution in [1.82, 2.24) is 4.57 Å².